The molecule has 0 aromatic heterocycles. The summed E-state index contributed by atoms with van der Waals surface area (Å²) >= 11 is 0. The van der Waals surface area contributed by atoms with E-state index >= 15 is 0 Å². The number of rotatable bonds is 2. The number of hydrogen-bond acceptors (Lipinski definition) is 3. The summed E-state index contributed by atoms with van der Waals surface area (Å²) in [5, 5.41) is 14.3. The van der Waals surface area contributed by atoms with E-state index in [1.54, 1.807) is 36.4 Å². The maximum atomic E-state index is 12.3. The van der Waals surface area contributed by atoms with Gasteiger partial charge in [0.2, 0.25) is 0 Å². The molecule has 5 heteroatoms. The van der Waals surface area contributed by atoms with E-state index in [2.05, 4.69) is 10.6 Å². The molecule has 1 fully saturated rings. The quantitative estimate of drug-likeness (QED) is 0.722. The molecule has 100 valence electrons. The highest BCUT2D eigenvalue weighted by atomic mass is 16.3. The molecule has 0 saturated carbocycles. The Labute approximate surface area is 115 Å². The average Bonchev–Trinajstić information content (AvgIpc) is 2.76. The first-order valence-corrected chi connectivity index (χ1v) is 6.11. The first-order chi connectivity index (χ1) is 9.63. The van der Waals surface area contributed by atoms with Crippen LogP contribution in [-0.4, -0.2) is 17.0 Å². The number of aromatic hydroxyl groups is 1. The maximum Gasteiger partial charge on any atom is 0.322 e. The van der Waals surface area contributed by atoms with E-state index in [1.807, 2.05) is 6.07 Å². The van der Waals surface area contributed by atoms with E-state index in [9.17, 15) is 14.7 Å². The number of hydrogen-bond donors (Lipinski definition) is 3. The van der Waals surface area contributed by atoms with Gasteiger partial charge in [-0.1, -0.05) is 42.5 Å². The summed E-state index contributed by atoms with van der Waals surface area (Å²) in [7, 11) is 0. The van der Waals surface area contributed by atoms with E-state index in [0.29, 0.717) is 11.1 Å². The number of carbonyl (C=O) groups excluding carboxylic acids is 2. The van der Waals surface area contributed by atoms with Gasteiger partial charge in [-0.15, -0.1) is 0 Å². The van der Waals surface area contributed by atoms with Crippen LogP contribution in [0.3, 0.4) is 0 Å². The number of urea groups is 1. The lowest BCUT2D eigenvalue weighted by Crippen LogP contribution is -2.44. The molecule has 3 rings (SSSR count). The van der Waals surface area contributed by atoms with E-state index in [1.165, 1.54) is 12.1 Å². The zero-order valence-electron chi connectivity index (χ0n) is 10.5. The zero-order chi connectivity index (χ0) is 14.2. The molecule has 3 amide bonds. The fourth-order valence-electron chi connectivity index (χ4n) is 2.43. The van der Waals surface area contributed by atoms with Crippen LogP contribution < -0.4 is 10.6 Å². The molecule has 1 atom stereocenters. The molecular formula is C15H12N2O3. The van der Waals surface area contributed by atoms with E-state index in [0.717, 1.165) is 0 Å². The van der Waals surface area contributed by atoms with Gasteiger partial charge in [-0.3, -0.25) is 10.1 Å². The normalized spacial score (nSPS) is 21.4. The first kappa shape index (κ1) is 12.2. The van der Waals surface area contributed by atoms with Gasteiger partial charge in [0.15, 0.2) is 5.54 Å². The van der Waals surface area contributed by atoms with Crippen LogP contribution in [0.15, 0.2) is 54.6 Å². The summed E-state index contributed by atoms with van der Waals surface area (Å²) in [6, 6.07) is 14.7. The van der Waals surface area contributed by atoms with Crippen molar-refractivity contribution in [1.82, 2.24) is 10.6 Å². The van der Waals surface area contributed by atoms with Gasteiger partial charge in [-0.25, -0.2) is 4.79 Å². The Morgan fingerprint density at radius 3 is 2.00 bits per heavy atom. The molecule has 1 saturated heterocycles. The monoisotopic (exact) mass is 268 g/mol. The van der Waals surface area contributed by atoms with Crippen LogP contribution in [0, 0.1) is 0 Å². The van der Waals surface area contributed by atoms with Crippen LogP contribution in [0.1, 0.15) is 11.1 Å². The van der Waals surface area contributed by atoms with Crippen molar-refractivity contribution in [2.45, 2.75) is 5.54 Å². The minimum Gasteiger partial charge on any atom is -0.508 e. The lowest BCUT2D eigenvalue weighted by Gasteiger charge is -2.27. The summed E-state index contributed by atoms with van der Waals surface area (Å²) in [6.45, 7) is 0. The number of phenolic OH excluding ortho intramolecular Hbond substituents is 1. The molecule has 3 N–H and O–H groups in total. The van der Waals surface area contributed by atoms with E-state index in [-0.39, 0.29) is 5.75 Å². The average molecular weight is 268 g/mol. The Balaban J connectivity index is 2.21. The highest BCUT2D eigenvalue weighted by molar-refractivity contribution is 6.09. The van der Waals surface area contributed by atoms with E-state index in [4.69, 9.17) is 0 Å². The third-order valence-electron chi connectivity index (χ3n) is 3.38. The number of imide groups is 1. The molecular weight excluding hydrogens is 256 g/mol. The van der Waals surface area contributed by atoms with Gasteiger partial charge in [-0.2, -0.15) is 0 Å². The number of amides is 3. The SMILES string of the molecule is O=C1NC(=O)[C@](c2ccccc2)(c2ccc(O)cc2)N1. The lowest BCUT2D eigenvalue weighted by atomic mass is 9.83. The van der Waals surface area contributed by atoms with Crippen LogP contribution >= 0.6 is 0 Å². The van der Waals surface area contributed by atoms with Gasteiger partial charge in [0.25, 0.3) is 5.91 Å². The number of benzene rings is 2. The summed E-state index contributed by atoms with van der Waals surface area (Å²) < 4.78 is 0. The molecule has 20 heavy (non-hydrogen) atoms. The summed E-state index contributed by atoms with van der Waals surface area (Å²) in [6.07, 6.45) is 0. The second-order valence-electron chi connectivity index (χ2n) is 4.57. The van der Waals surface area contributed by atoms with Crippen molar-refractivity contribution in [3.05, 3.63) is 65.7 Å². The number of nitrogens with one attached hydrogen (secondary N) is 2. The minimum atomic E-state index is -1.26. The molecule has 2 aromatic rings. The second kappa shape index (κ2) is 4.38. The number of carbonyl (C=O) groups is 2. The summed E-state index contributed by atoms with van der Waals surface area (Å²) in [5.41, 5.74) is -0.00892. The lowest BCUT2D eigenvalue weighted by molar-refractivity contribution is -0.122. The van der Waals surface area contributed by atoms with E-state index < -0.39 is 17.5 Å². The summed E-state index contributed by atoms with van der Waals surface area (Å²) in [4.78, 5) is 23.9. The van der Waals surface area contributed by atoms with Crippen molar-refractivity contribution in [2.75, 3.05) is 0 Å². The van der Waals surface area contributed by atoms with Crippen LogP contribution in [0.4, 0.5) is 4.79 Å². The molecule has 0 spiro atoms. The van der Waals surface area contributed by atoms with Crippen LogP contribution in [0.2, 0.25) is 0 Å². The predicted octanol–water partition coefficient (Wildman–Crippen LogP) is 1.48. The third-order valence-corrected chi connectivity index (χ3v) is 3.38. The molecule has 0 bridgehead atoms. The summed E-state index contributed by atoms with van der Waals surface area (Å²) in [5.74, 6) is -0.332. The number of phenols is 1. The smallest absolute Gasteiger partial charge is 0.322 e. The Kier molecular flexibility index (Phi) is 2.68. The van der Waals surface area contributed by atoms with Gasteiger partial charge >= 0.3 is 6.03 Å². The topological polar surface area (TPSA) is 78.4 Å². The fourth-order valence-corrected chi connectivity index (χ4v) is 2.43. The predicted molar refractivity (Wildman–Crippen MR) is 72.0 cm³/mol. The Bertz CT molecular complexity index is 667. The van der Waals surface area contributed by atoms with Gasteiger partial charge in [0.05, 0.1) is 0 Å². The molecule has 0 unspecified atom stereocenters. The highest BCUT2D eigenvalue weighted by Gasteiger charge is 2.49. The van der Waals surface area contributed by atoms with Gasteiger partial charge in [0.1, 0.15) is 5.75 Å². The molecule has 2 aromatic carbocycles. The van der Waals surface area contributed by atoms with Gasteiger partial charge < -0.3 is 10.4 Å². The third kappa shape index (κ3) is 1.72. The molecule has 5 nitrogen and oxygen atoms in total. The van der Waals surface area contributed by atoms with Crippen molar-refractivity contribution in [3.8, 4) is 5.75 Å². The molecule has 1 aliphatic rings. The molecule has 0 radical (unpaired) electrons. The standard InChI is InChI=1S/C15H12N2O3/c18-12-8-6-11(7-9-12)15(10-4-2-1-3-5-10)13(19)16-14(20)17-15/h1-9,18H,(H2,16,17,19,20)/t15-/m0/s1. The zero-order valence-corrected chi connectivity index (χ0v) is 10.5. The van der Waals surface area contributed by atoms with Crippen LogP contribution in [-0.2, 0) is 10.3 Å². The maximum absolute atomic E-state index is 12.3. The van der Waals surface area contributed by atoms with Crippen molar-refractivity contribution in [1.29, 1.82) is 0 Å². The first-order valence-electron chi connectivity index (χ1n) is 6.11. The largest absolute Gasteiger partial charge is 0.508 e. The van der Waals surface area contributed by atoms with Crippen molar-refractivity contribution in [2.24, 2.45) is 0 Å². The van der Waals surface area contributed by atoms with Crippen molar-refractivity contribution < 1.29 is 14.7 Å². The van der Waals surface area contributed by atoms with Gasteiger partial charge in [0, 0.05) is 0 Å². The second-order valence-corrected chi connectivity index (χ2v) is 4.57. The van der Waals surface area contributed by atoms with Crippen LogP contribution in [0.5, 0.6) is 5.75 Å². The van der Waals surface area contributed by atoms with Crippen molar-refractivity contribution >= 4 is 11.9 Å². The highest BCUT2D eigenvalue weighted by Crippen LogP contribution is 2.33. The van der Waals surface area contributed by atoms with Gasteiger partial charge in [-0.05, 0) is 23.3 Å². The fraction of sp³-hybridized carbons (Fsp3) is 0.0667. The Morgan fingerprint density at radius 1 is 0.850 bits per heavy atom. The molecule has 1 heterocycles. The van der Waals surface area contributed by atoms with Crippen molar-refractivity contribution in [3.63, 3.8) is 0 Å². The molecule has 0 aliphatic carbocycles. The van der Waals surface area contributed by atoms with Crippen LogP contribution in [0.25, 0.3) is 0 Å². The minimum absolute atomic E-state index is 0.0988. The Morgan fingerprint density at radius 2 is 1.45 bits per heavy atom. The molecule has 1 aliphatic heterocycles. The Hall–Kier alpha value is -2.82.